The molecule has 9 nitrogen and oxygen atoms in total. The van der Waals surface area contributed by atoms with Crippen molar-refractivity contribution in [3.8, 4) is 11.5 Å². The van der Waals surface area contributed by atoms with Crippen molar-refractivity contribution in [2.24, 2.45) is 0 Å². The molecular formula is C23H25Cl2F3N4O5S. The number of aliphatic hydroxyl groups excluding tert-OH is 1. The first-order valence-corrected chi connectivity index (χ1v) is 12.4. The number of halogens is 5. The fraction of sp³-hybridized carbons (Fsp3) is 0.304. The minimum Gasteiger partial charge on any atom is -0.457 e. The van der Waals surface area contributed by atoms with Crippen LogP contribution < -0.4 is 15.4 Å². The molecular weight excluding hydrogens is 572 g/mol. The molecule has 4 N–H and O–H groups in total. The van der Waals surface area contributed by atoms with Gasteiger partial charge in [-0.15, -0.1) is 24.8 Å². The lowest BCUT2D eigenvalue weighted by molar-refractivity contribution is -0.137. The van der Waals surface area contributed by atoms with Crippen molar-refractivity contribution in [1.29, 1.82) is 0 Å². The average molecular weight is 597 g/mol. The van der Waals surface area contributed by atoms with Gasteiger partial charge in [0.05, 0.1) is 10.5 Å². The Balaban J connectivity index is 0.00000253. The molecule has 1 fully saturated rings. The van der Waals surface area contributed by atoms with Gasteiger partial charge in [0.15, 0.2) is 26.6 Å². The number of hydrogen-bond donors (Lipinski definition) is 4. The molecule has 1 atom stereocenters. The Morgan fingerprint density at radius 2 is 1.58 bits per heavy atom. The van der Waals surface area contributed by atoms with E-state index < -0.39 is 38.5 Å². The first-order valence-electron chi connectivity index (χ1n) is 10.9. The third-order valence-corrected chi connectivity index (χ3v) is 8.45. The number of nitrogens with one attached hydrogen (secondary N) is 3. The number of sulfone groups is 1. The molecule has 1 saturated heterocycles. The van der Waals surface area contributed by atoms with E-state index in [1.807, 2.05) is 0 Å². The number of piperidine rings is 1. The Bertz CT molecular complexity index is 1300. The quantitative estimate of drug-likeness (QED) is 0.305. The van der Waals surface area contributed by atoms with E-state index in [2.05, 4.69) is 20.6 Å². The average Bonchev–Trinajstić information content (AvgIpc) is 3.40. The number of nitrogens with zero attached hydrogens (tertiary/aromatic N) is 1. The largest absolute Gasteiger partial charge is 0.457 e. The van der Waals surface area contributed by atoms with E-state index in [4.69, 9.17) is 4.74 Å². The van der Waals surface area contributed by atoms with Gasteiger partial charge in [0.2, 0.25) is 5.91 Å². The Morgan fingerprint density at radius 3 is 2.08 bits per heavy atom. The highest BCUT2D eigenvalue weighted by molar-refractivity contribution is 7.93. The van der Waals surface area contributed by atoms with Crippen LogP contribution in [0.5, 0.6) is 11.5 Å². The maximum Gasteiger partial charge on any atom is 0.416 e. The molecule has 0 saturated carbocycles. The minimum atomic E-state index is -4.47. The summed E-state index contributed by atoms with van der Waals surface area (Å²) in [5.74, 6) is -0.446. The van der Waals surface area contributed by atoms with Crippen LogP contribution in [-0.4, -0.2) is 47.2 Å². The van der Waals surface area contributed by atoms with Gasteiger partial charge < -0.3 is 25.5 Å². The van der Waals surface area contributed by atoms with E-state index in [0.29, 0.717) is 0 Å². The smallest absolute Gasteiger partial charge is 0.416 e. The van der Waals surface area contributed by atoms with Crippen molar-refractivity contribution in [3.05, 3.63) is 72.3 Å². The first kappa shape index (κ1) is 31.4. The molecule has 2 heterocycles. The molecule has 0 bridgehead atoms. The summed E-state index contributed by atoms with van der Waals surface area (Å²) in [6, 6.07) is 9.33. The van der Waals surface area contributed by atoms with Crippen LogP contribution in [0.3, 0.4) is 0 Å². The second kappa shape index (κ2) is 12.3. The van der Waals surface area contributed by atoms with Crippen molar-refractivity contribution >= 4 is 40.6 Å². The Hall–Kier alpha value is -2.84. The van der Waals surface area contributed by atoms with Gasteiger partial charge in [0.1, 0.15) is 11.5 Å². The van der Waals surface area contributed by atoms with E-state index >= 15 is 0 Å². The zero-order valence-corrected chi connectivity index (χ0v) is 22.0. The molecule has 1 amide bonds. The summed E-state index contributed by atoms with van der Waals surface area (Å²) in [5.41, 5.74) is -0.820. The Labute approximate surface area is 228 Å². The van der Waals surface area contributed by atoms with Crippen molar-refractivity contribution in [2.75, 3.05) is 13.1 Å². The lowest BCUT2D eigenvalue weighted by Crippen LogP contribution is -2.58. The molecule has 3 aromatic rings. The molecule has 2 aromatic carbocycles. The van der Waals surface area contributed by atoms with E-state index in [-0.39, 0.29) is 73.0 Å². The van der Waals surface area contributed by atoms with Gasteiger partial charge in [0, 0.05) is 12.4 Å². The highest BCUT2D eigenvalue weighted by Crippen LogP contribution is 2.36. The van der Waals surface area contributed by atoms with Crippen LogP contribution in [-0.2, 0) is 20.8 Å². The van der Waals surface area contributed by atoms with Gasteiger partial charge in [-0.05, 0) is 74.5 Å². The third kappa shape index (κ3) is 6.41. The zero-order chi connectivity index (χ0) is 26.0. The minimum absolute atomic E-state index is 0. The lowest BCUT2D eigenvalue weighted by Gasteiger charge is -2.36. The molecule has 1 aliphatic rings. The zero-order valence-electron chi connectivity index (χ0n) is 19.6. The molecule has 0 radical (unpaired) electrons. The predicted octanol–water partition coefficient (Wildman–Crippen LogP) is 3.77. The summed E-state index contributed by atoms with van der Waals surface area (Å²) in [6.45, 7) is 0.553. The summed E-state index contributed by atoms with van der Waals surface area (Å²) in [7, 11) is -4.22. The SMILES string of the molecule is Cl.Cl.O=C(NC(O)c1ncc[nH]1)C1(S(=O)(=O)c2ccc(Oc3ccc(C(F)(F)F)cc3)cc2)CCNCC1. The van der Waals surface area contributed by atoms with E-state index in [9.17, 15) is 31.5 Å². The van der Waals surface area contributed by atoms with Gasteiger partial charge in [-0.2, -0.15) is 13.2 Å². The number of benzene rings is 2. The molecule has 0 spiro atoms. The van der Waals surface area contributed by atoms with Crippen LogP contribution in [0.2, 0.25) is 0 Å². The number of ether oxygens (including phenoxy) is 1. The molecule has 1 unspecified atom stereocenters. The van der Waals surface area contributed by atoms with Gasteiger partial charge in [-0.25, -0.2) is 13.4 Å². The topological polar surface area (TPSA) is 133 Å². The number of rotatable bonds is 7. The summed E-state index contributed by atoms with van der Waals surface area (Å²) in [5, 5.41) is 15.7. The number of H-pyrrole nitrogens is 1. The maximum absolute atomic E-state index is 13.7. The second-order valence-corrected chi connectivity index (χ2v) is 10.5. The number of amides is 1. The van der Waals surface area contributed by atoms with Crippen LogP contribution in [0, 0.1) is 0 Å². The fourth-order valence-electron chi connectivity index (χ4n) is 3.96. The van der Waals surface area contributed by atoms with Crippen LogP contribution >= 0.6 is 24.8 Å². The van der Waals surface area contributed by atoms with Crippen molar-refractivity contribution in [2.45, 2.75) is 34.9 Å². The standard InChI is InChI=1S/C23H23F3N4O5S.2ClH/c24-23(25,26)15-1-3-16(4-2-15)35-17-5-7-18(8-6-17)36(33,34)22(9-11-27-12-10-22)21(32)30-20(31)19-28-13-14-29-19;;/h1-8,13-14,20,27,31H,9-12H2,(H,28,29)(H,30,32);2*1H. The van der Waals surface area contributed by atoms with Crippen molar-refractivity contribution < 1.29 is 36.2 Å². The first-order chi connectivity index (χ1) is 17.0. The van der Waals surface area contributed by atoms with Crippen LogP contribution in [0.4, 0.5) is 13.2 Å². The van der Waals surface area contributed by atoms with E-state index in [1.54, 1.807) is 0 Å². The number of imidazole rings is 1. The van der Waals surface area contributed by atoms with Crippen molar-refractivity contribution in [1.82, 2.24) is 20.6 Å². The highest BCUT2D eigenvalue weighted by Gasteiger charge is 2.52. The molecule has 1 aliphatic heterocycles. The number of hydrogen-bond acceptors (Lipinski definition) is 7. The Kier molecular flexibility index (Phi) is 10.2. The van der Waals surface area contributed by atoms with Gasteiger partial charge in [-0.1, -0.05) is 0 Å². The van der Waals surface area contributed by atoms with Crippen molar-refractivity contribution in [3.63, 3.8) is 0 Å². The maximum atomic E-state index is 13.7. The molecule has 15 heteroatoms. The number of aliphatic hydroxyl groups is 1. The van der Waals surface area contributed by atoms with Crippen LogP contribution in [0.15, 0.2) is 65.8 Å². The van der Waals surface area contributed by atoms with Gasteiger partial charge in [0.25, 0.3) is 0 Å². The number of carbonyl (C=O) groups excluding carboxylic acids is 1. The summed E-state index contributed by atoms with van der Waals surface area (Å²) in [4.78, 5) is 19.6. The number of carbonyl (C=O) groups is 1. The molecule has 38 heavy (non-hydrogen) atoms. The van der Waals surface area contributed by atoms with Gasteiger partial charge >= 0.3 is 6.18 Å². The van der Waals surface area contributed by atoms with Crippen LogP contribution in [0.25, 0.3) is 0 Å². The number of aromatic nitrogens is 2. The van der Waals surface area contributed by atoms with Crippen LogP contribution in [0.1, 0.15) is 30.5 Å². The monoisotopic (exact) mass is 596 g/mol. The summed E-state index contributed by atoms with van der Waals surface area (Å²) in [6.07, 6.45) is -3.19. The molecule has 208 valence electrons. The third-order valence-electron chi connectivity index (χ3n) is 5.94. The molecule has 0 aliphatic carbocycles. The number of aromatic amines is 1. The normalized spacial score (nSPS) is 15.9. The summed E-state index contributed by atoms with van der Waals surface area (Å²) < 4.78 is 69.3. The van der Waals surface area contributed by atoms with Gasteiger partial charge in [-0.3, -0.25) is 4.79 Å². The second-order valence-electron chi connectivity index (χ2n) is 8.19. The predicted molar refractivity (Wildman–Crippen MR) is 136 cm³/mol. The molecule has 4 rings (SSSR count). The van der Waals surface area contributed by atoms with E-state index in [0.717, 1.165) is 24.3 Å². The Morgan fingerprint density at radius 1 is 1.03 bits per heavy atom. The summed E-state index contributed by atoms with van der Waals surface area (Å²) >= 11 is 0. The number of alkyl halides is 3. The molecule has 1 aromatic heterocycles. The fourth-order valence-corrected chi connectivity index (χ4v) is 5.95. The highest BCUT2D eigenvalue weighted by atomic mass is 35.5. The van der Waals surface area contributed by atoms with E-state index in [1.165, 1.54) is 36.7 Å². The lowest BCUT2D eigenvalue weighted by atomic mass is 9.96.